The number of nitrogens with one attached hydrogen (secondary N) is 2. The fraction of sp³-hybridized carbons (Fsp3) is 0.811. The minimum Gasteiger partial charge on any atom is -0.481 e. The van der Waals surface area contributed by atoms with Gasteiger partial charge in [0.05, 0.1) is 31.7 Å². The minimum atomic E-state index is -4.70. The summed E-state index contributed by atoms with van der Waals surface area (Å²) >= 11 is 0. The zero-order valence-corrected chi connectivity index (χ0v) is 33.1. The molecule has 3 atom stereocenters. The molecule has 0 aliphatic carbocycles. The van der Waals surface area contributed by atoms with Crippen LogP contribution in [0.2, 0.25) is 0 Å². The first-order valence-corrected chi connectivity index (χ1v) is 21.0. The topological polar surface area (TPSA) is 277 Å². The van der Waals surface area contributed by atoms with E-state index < -0.39 is 75.7 Å². The zero-order chi connectivity index (χ0) is 41.5. The molecule has 55 heavy (non-hydrogen) atoms. The third-order valence-electron chi connectivity index (χ3n) is 8.82. The van der Waals surface area contributed by atoms with E-state index in [0.29, 0.717) is 6.42 Å². The second-order valence-electron chi connectivity index (χ2n) is 14.0. The van der Waals surface area contributed by atoms with Crippen LogP contribution in [0.15, 0.2) is 0 Å². The Hall–Kier alpha value is -3.48. The second-order valence-corrected chi connectivity index (χ2v) is 15.5. The normalized spacial score (nSPS) is 13.1. The summed E-state index contributed by atoms with van der Waals surface area (Å²) in [6.45, 7) is 1.50. The lowest BCUT2D eigenvalue weighted by Crippen LogP contribution is -2.46. The number of hydrogen-bond acceptors (Lipinski definition) is 11. The van der Waals surface area contributed by atoms with Gasteiger partial charge in [-0.1, -0.05) is 84.0 Å². The number of amides is 2. The number of unbranched alkanes of at least 4 members (excludes halogenated alkanes) is 13. The first kappa shape index (κ1) is 51.5. The van der Waals surface area contributed by atoms with Crippen LogP contribution in [0.5, 0.6) is 0 Å². The number of aliphatic carboxylic acids is 3. The lowest BCUT2D eigenvalue weighted by molar-refractivity contribution is -0.144. The average Bonchev–Trinajstić information content (AvgIpc) is 3.09. The Morgan fingerprint density at radius 1 is 0.618 bits per heavy atom. The molecule has 318 valence electrons. The third kappa shape index (κ3) is 32.5. The van der Waals surface area contributed by atoms with Gasteiger partial charge in [-0.25, -0.2) is 0 Å². The molecule has 0 saturated carbocycles. The van der Waals surface area contributed by atoms with Gasteiger partial charge in [-0.15, -0.1) is 0 Å². The molecule has 0 radical (unpaired) electrons. The molecule has 0 spiro atoms. The fourth-order valence-corrected chi connectivity index (χ4v) is 6.31. The number of ether oxygens (including phenoxy) is 2. The Labute approximate surface area is 324 Å². The summed E-state index contributed by atoms with van der Waals surface area (Å²) in [6.07, 6.45) is 12.9. The lowest BCUT2D eigenvalue weighted by Gasteiger charge is -2.19. The molecule has 0 bridgehead atoms. The molecular formula is C37H64N2O15S. The van der Waals surface area contributed by atoms with Gasteiger partial charge in [0.1, 0.15) is 18.4 Å². The second kappa shape index (κ2) is 31.7. The summed E-state index contributed by atoms with van der Waals surface area (Å²) in [6, 6.07) is -1.65. The predicted octanol–water partition coefficient (Wildman–Crippen LogP) is 3.95. The highest BCUT2D eigenvalue weighted by atomic mass is 32.2. The third-order valence-corrected chi connectivity index (χ3v) is 9.58. The maximum atomic E-state index is 12.9. The Morgan fingerprint density at radius 3 is 1.62 bits per heavy atom. The predicted molar refractivity (Wildman–Crippen MR) is 201 cm³/mol. The van der Waals surface area contributed by atoms with Crippen molar-refractivity contribution in [3.63, 3.8) is 0 Å². The van der Waals surface area contributed by atoms with Crippen LogP contribution in [0.25, 0.3) is 0 Å². The molecule has 17 nitrogen and oxygen atoms in total. The first-order chi connectivity index (χ1) is 26.0. The van der Waals surface area contributed by atoms with Crippen molar-refractivity contribution in [1.82, 2.24) is 10.6 Å². The molecule has 3 unspecified atom stereocenters. The van der Waals surface area contributed by atoms with E-state index in [1.165, 1.54) is 19.8 Å². The number of ketones is 2. The van der Waals surface area contributed by atoms with Gasteiger partial charge >= 0.3 is 17.9 Å². The van der Waals surface area contributed by atoms with Crippen molar-refractivity contribution in [1.29, 1.82) is 0 Å². The van der Waals surface area contributed by atoms with Crippen molar-refractivity contribution in [2.24, 2.45) is 11.8 Å². The van der Waals surface area contributed by atoms with Crippen molar-refractivity contribution in [3.8, 4) is 0 Å². The van der Waals surface area contributed by atoms with Gasteiger partial charge in [0.25, 0.3) is 10.1 Å². The van der Waals surface area contributed by atoms with E-state index >= 15 is 0 Å². The Kier molecular flexibility index (Phi) is 29.7. The van der Waals surface area contributed by atoms with E-state index in [9.17, 15) is 51.6 Å². The van der Waals surface area contributed by atoms with E-state index in [0.717, 1.165) is 70.6 Å². The van der Waals surface area contributed by atoms with Gasteiger partial charge in [-0.05, 0) is 19.3 Å². The molecular weight excluding hydrogens is 744 g/mol. The number of carboxylic acid groups (broad SMARTS) is 3. The highest BCUT2D eigenvalue weighted by molar-refractivity contribution is 7.85. The fourth-order valence-electron chi connectivity index (χ4n) is 5.62. The van der Waals surface area contributed by atoms with Crippen LogP contribution >= 0.6 is 0 Å². The van der Waals surface area contributed by atoms with Crippen molar-refractivity contribution in [2.45, 2.75) is 141 Å². The van der Waals surface area contributed by atoms with Crippen molar-refractivity contribution in [3.05, 3.63) is 0 Å². The van der Waals surface area contributed by atoms with Gasteiger partial charge in [-0.3, -0.25) is 38.1 Å². The summed E-state index contributed by atoms with van der Waals surface area (Å²) < 4.78 is 43.0. The summed E-state index contributed by atoms with van der Waals surface area (Å²) in [4.78, 5) is 82.5. The quantitative estimate of drug-likeness (QED) is 0.0381. The number of carbonyl (C=O) groups excluding carboxylic acids is 4. The Morgan fingerprint density at radius 2 is 1.13 bits per heavy atom. The lowest BCUT2D eigenvalue weighted by atomic mass is 9.94. The zero-order valence-electron chi connectivity index (χ0n) is 32.3. The van der Waals surface area contributed by atoms with Crippen molar-refractivity contribution < 1.29 is 71.3 Å². The Balaban J connectivity index is 4.33. The van der Waals surface area contributed by atoms with Gasteiger partial charge in [0.15, 0.2) is 11.6 Å². The molecule has 0 aliphatic heterocycles. The van der Waals surface area contributed by atoms with E-state index in [2.05, 4.69) is 10.6 Å². The average molecular weight is 809 g/mol. The molecule has 0 heterocycles. The van der Waals surface area contributed by atoms with Crippen LogP contribution in [0.1, 0.15) is 135 Å². The number of carbonyl (C=O) groups is 7. The largest absolute Gasteiger partial charge is 0.481 e. The van der Waals surface area contributed by atoms with Crippen LogP contribution in [0.3, 0.4) is 0 Å². The molecule has 0 fully saturated rings. The van der Waals surface area contributed by atoms with E-state index in [1.54, 1.807) is 0 Å². The number of hydrogen-bond donors (Lipinski definition) is 6. The molecule has 0 aromatic heterocycles. The molecule has 6 N–H and O–H groups in total. The molecule has 0 aromatic carbocycles. The van der Waals surface area contributed by atoms with Crippen molar-refractivity contribution in [2.75, 3.05) is 38.7 Å². The maximum Gasteiger partial charge on any atom is 0.306 e. The van der Waals surface area contributed by atoms with Crippen LogP contribution in [0, 0.1) is 11.8 Å². The highest BCUT2D eigenvalue weighted by Crippen LogP contribution is 2.16. The molecule has 18 heteroatoms. The molecule has 0 aliphatic rings. The number of rotatable bonds is 38. The monoisotopic (exact) mass is 808 g/mol. The van der Waals surface area contributed by atoms with Crippen LogP contribution in [-0.2, 0) is 53.2 Å². The number of Topliss-reactive ketones (excluding diaryl/α,β-unsaturated/α-hetero) is 2. The smallest absolute Gasteiger partial charge is 0.306 e. The molecule has 2 amide bonds. The summed E-state index contributed by atoms with van der Waals surface area (Å²) in [5.41, 5.74) is 0. The summed E-state index contributed by atoms with van der Waals surface area (Å²) in [7, 11) is -4.70. The minimum absolute atomic E-state index is 0.0262. The SMILES string of the molecule is CC(CC(=O)COCCOCCNC(=O)CCC(CC(=O)C(CS(=O)(=O)O)NC(=O)CCCCCCCCCCCCCCCCC(=O)O)C(=O)O)C(=O)O. The van der Waals surface area contributed by atoms with Gasteiger partial charge < -0.3 is 35.4 Å². The maximum absolute atomic E-state index is 12.9. The van der Waals surface area contributed by atoms with Gasteiger partial charge in [0, 0.05) is 38.6 Å². The van der Waals surface area contributed by atoms with Crippen LogP contribution in [-0.4, -0.2) is 114 Å². The molecule has 0 saturated heterocycles. The standard InChI is InChI=1S/C37H64N2O15S/c1-28(36(46)47)24-30(40)26-54-23-22-53-21-20-38-33(42)19-18-29(37(48)49)25-32(41)31(27-55(50,51)52)39-34(43)16-14-12-10-8-6-4-2-3-5-7-9-11-13-15-17-35(44)45/h28-29,31H,2-27H2,1H3,(H,38,42)(H,39,43)(H,44,45)(H,46,47)(H,48,49)(H,50,51,52). The van der Waals surface area contributed by atoms with E-state index in [-0.39, 0.29) is 70.9 Å². The molecule has 0 rings (SSSR count). The van der Waals surface area contributed by atoms with Crippen molar-refractivity contribution >= 4 is 51.4 Å². The Bertz CT molecular complexity index is 1270. The highest BCUT2D eigenvalue weighted by Gasteiger charge is 2.30. The summed E-state index contributed by atoms with van der Waals surface area (Å²) in [5.74, 6) is -8.84. The number of carboxylic acids is 3. The van der Waals surface area contributed by atoms with Crippen LogP contribution in [0.4, 0.5) is 0 Å². The molecule has 0 aromatic rings. The van der Waals surface area contributed by atoms with Crippen LogP contribution < -0.4 is 10.6 Å². The van der Waals surface area contributed by atoms with E-state index in [1.807, 2.05) is 0 Å². The van der Waals surface area contributed by atoms with Gasteiger partial charge in [-0.2, -0.15) is 8.42 Å². The first-order valence-electron chi connectivity index (χ1n) is 19.4. The summed E-state index contributed by atoms with van der Waals surface area (Å²) in [5, 5.41) is 32.0. The van der Waals surface area contributed by atoms with E-state index in [4.69, 9.17) is 19.7 Å². The van der Waals surface area contributed by atoms with Gasteiger partial charge in [0.2, 0.25) is 11.8 Å².